The molecule has 0 bridgehead atoms. The van der Waals surface area contributed by atoms with Crippen LogP contribution in [0.15, 0.2) is 16.6 Å². The second kappa shape index (κ2) is 30.7. The number of methoxy groups -OCH3 is 2. The number of carbonyl (C=O) groups excluding carboxylic acids is 1. The maximum Gasteiger partial charge on any atom is 0.377 e. The summed E-state index contributed by atoms with van der Waals surface area (Å²) in [5.74, 6) is -1.49. The summed E-state index contributed by atoms with van der Waals surface area (Å²) < 4.78 is 8.42. The molecule has 0 aromatic carbocycles. The van der Waals surface area contributed by atoms with Gasteiger partial charge in [0.15, 0.2) is 0 Å². The standard InChI is InChI=1S/C6H7O4S.4CH4.H2S.2Sn.H2/c1-9-5(7)3-4(11)6(8)10-2;;;;;;;;/h11H,1-2H3;4*1H4;1H2;;;1H. The maximum atomic E-state index is 10.6. The van der Waals surface area contributed by atoms with Gasteiger partial charge < -0.3 is 9.47 Å². The zero-order chi connectivity index (χ0) is 8.85. The minimum atomic E-state index is -0.764. The van der Waals surface area contributed by atoms with Crippen LogP contribution < -0.4 is 0 Å². The monoisotopic (exact) mass is 515 g/mol. The molecule has 18 heavy (non-hydrogen) atoms. The van der Waals surface area contributed by atoms with Crippen molar-refractivity contribution >= 4 is 79.9 Å². The van der Waals surface area contributed by atoms with Crippen LogP contribution in [0, 0.1) is 0 Å². The van der Waals surface area contributed by atoms with E-state index in [-0.39, 0.29) is 97.3 Å². The Labute approximate surface area is 160 Å². The summed E-state index contributed by atoms with van der Waals surface area (Å²) >= 11 is 3.63. The van der Waals surface area contributed by atoms with E-state index in [2.05, 4.69) is 22.1 Å². The molecule has 0 amide bonds. The number of ether oxygens (including phenoxy) is 2. The number of hydrogen-bond acceptors (Lipinski definition) is 4. The average molecular weight is 513 g/mol. The molecule has 9 radical (unpaired) electrons. The Morgan fingerprint density at radius 2 is 1.39 bits per heavy atom. The van der Waals surface area contributed by atoms with E-state index in [0.717, 1.165) is 0 Å². The zero-order valence-corrected chi connectivity index (χ0v) is 15.2. The molecular formula is C10H27O4S2Sn2. The normalized spacial score (nSPS) is 4.83. The molecule has 0 aliphatic heterocycles. The zero-order valence-electron chi connectivity index (χ0n) is 7.58. The van der Waals surface area contributed by atoms with Gasteiger partial charge >= 0.3 is 11.9 Å². The summed E-state index contributed by atoms with van der Waals surface area (Å²) in [4.78, 5) is 10.3. The second-order valence-corrected chi connectivity index (χ2v) is 1.90. The molecule has 0 aliphatic carbocycles. The Hall–Kier alpha value is 0.887. The van der Waals surface area contributed by atoms with Crippen LogP contribution in [-0.4, -0.2) is 68.0 Å². The van der Waals surface area contributed by atoms with Gasteiger partial charge in [-0.25, -0.2) is 9.90 Å². The van der Waals surface area contributed by atoms with E-state index in [4.69, 9.17) is 0 Å². The molecule has 0 atom stereocenters. The van der Waals surface area contributed by atoms with Gasteiger partial charge in [0.1, 0.15) is 4.91 Å². The first-order chi connectivity index (χ1) is 5.11. The molecule has 111 valence electrons. The van der Waals surface area contributed by atoms with Gasteiger partial charge in [-0.2, -0.15) is 13.5 Å². The first-order valence-electron chi connectivity index (χ1n) is 2.61. The van der Waals surface area contributed by atoms with Gasteiger partial charge in [-0.3, -0.25) is 0 Å². The van der Waals surface area contributed by atoms with E-state index in [9.17, 15) is 9.90 Å². The molecule has 0 aromatic rings. The van der Waals surface area contributed by atoms with Crippen LogP contribution in [-0.2, 0) is 19.4 Å². The molecule has 0 N–H and O–H groups in total. The Morgan fingerprint density at radius 1 is 1.06 bits per heavy atom. The van der Waals surface area contributed by atoms with Gasteiger partial charge in [0.2, 0.25) is 0 Å². The first-order valence-corrected chi connectivity index (χ1v) is 3.05. The molecule has 0 heterocycles. The Balaban J connectivity index is -0.0000000179. The number of thiol groups is 1. The van der Waals surface area contributed by atoms with Crippen LogP contribution in [0.1, 0.15) is 31.1 Å². The van der Waals surface area contributed by atoms with Crippen molar-refractivity contribution in [3.8, 4) is 0 Å². The molecule has 0 saturated carbocycles. The van der Waals surface area contributed by atoms with Crippen molar-refractivity contribution in [1.82, 2.24) is 0 Å². The molecule has 0 aromatic heterocycles. The van der Waals surface area contributed by atoms with Gasteiger partial charge in [0.05, 0.1) is 14.2 Å². The van der Waals surface area contributed by atoms with Gasteiger partial charge in [-0.1, -0.05) is 29.7 Å². The third kappa shape index (κ3) is 25.7. The summed E-state index contributed by atoms with van der Waals surface area (Å²) in [6.45, 7) is 0. The quantitative estimate of drug-likeness (QED) is 0.155. The first kappa shape index (κ1) is 51.0. The van der Waals surface area contributed by atoms with Crippen LogP contribution in [0.2, 0.25) is 0 Å². The van der Waals surface area contributed by atoms with E-state index in [1.165, 1.54) is 14.2 Å². The smallest absolute Gasteiger partial charge is 0.377 e. The van der Waals surface area contributed by atoms with Crippen molar-refractivity contribution < 1.29 is 20.8 Å². The summed E-state index contributed by atoms with van der Waals surface area (Å²) in [5.41, 5.74) is 2.03. The number of hydrogen-bond donors (Lipinski definition) is 1. The molecule has 0 rings (SSSR count). The SMILES string of the molecule is C.C.C.C.COC(=O)C(S)=C=C([O])OC.S.[HH].[Sn].[Sn]. The Bertz CT molecular complexity index is 236. The number of rotatable bonds is 2. The third-order valence-electron chi connectivity index (χ3n) is 0.785. The van der Waals surface area contributed by atoms with E-state index in [1.807, 2.05) is 5.73 Å². The molecule has 8 heteroatoms. The van der Waals surface area contributed by atoms with Gasteiger partial charge in [0, 0.05) is 49.2 Å². The molecule has 0 fully saturated rings. The van der Waals surface area contributed by atoms with Crippen LogP contribution in [0.25, 0.3) is 0 Å². The van der Waals surface area contributed by atoms with E-state index in [0.29, 0.717) is 0 Å². The Morgan fingerprint density at radius 3 is 1.61 bits per heavy atom. The van der Waals surface area contributed by atoms with E-state index < -0.39 is 11.9 Å². The fourth-order valence-corrected chi connectivity index (χ4v) is 0.478. The van der Waals surface area contributed by atoms with Gasteiger partial charge in [-0.05, 0) is 5.73 Å². The molecular weight excluding hydrogens is 486 g/mol. The van der Waals surface area contributed by atoms with E-state index >= 15 is 0 Å². The van der Waals surface area contributed by atoms with Crippen molar-refractivity contribution in [3.05, 3.63) is 16.6 Å². The second-order valence-electron chi connectivity index (χ2n) is 1.46. The van der Waals surface area contributed by atoms with Crippen LogP contribution in [0.4, 0.5) is 0 Å². The minimum Gasteiger partial charge on any atom is -0.465 e. The van der Waals surface area contributed by atoms with E-state index in [1.54, 1.807) is 0 Å². The topological polar surface area (TPSA) is 55.4 Å². The fraction of sp³-hybridized carbons (Fsp3) is 0.600. The van der Waals surface area contributed by atoms with Gasteiger partial charge in [0.25, 0.3) is 0 Å². The summed E-state index contributed by atoms with van der Waals surface area (Å²) in [5, 5.41) is 10.4. The van der Waals surface area contributed by atoms with Crippen LogP contribution in [0.3, 0.4) is 0 Å². The summed E-state index contributed by atoms with van der Waals surface area (Å²) in [7, 11) is 2.35. The van der Waals surface area contributed by atoms with Crippen molar-refractivity contribution in [2.75, 3.05) is 14.2 Å². The molecule has 0 unspecified atom stereocenters. The summed E-state index contributed by atoms with van der Waals surface area (Å²) in [6.07, 6.45) is 0. The molecule has 4 nitrogen and oxygen atoms in total. The third-order valence-corrected chi connectivity index (χ3v) is 1.08. The van der Waals surface area contributed by atoms with Gasteiger partial charge in [-0.15, -0.1) is 12.6 Å². The van der Waals surface area contributed by atoms with Crippen molar-refractivity contribution in [2.45, 2.75) is 29.7 Å². The van der Waals surface area contributed by atoms with Crippen molar-refractivity contribution in [2.24, 2.45) is 0 Å². The number of esters is 1. The predicted octanol–water partition coefficient (Wildman–Crippen LogP) is 2.63. The molecule has 0 saturated heterocycles. The van der Waals surface area contributed by atoms with Crippen LogP contribution in [0.5, 0.6) is 0 Å². The maximum absolute atomic E-state index is 10.6. The molecule has 0 spiro atoms. The van der Waals surface area contributed by atoms with Crippen LogP contribution >= 0.6 is 26.1 Å². The average Bonchev–Trinajstić information content (AvgIpc) is 2.02. The largest absolute Gasteiger partial charge is 0.465 e. The Kier molecular flexibility index (Phi) is 87.0. The predicted molar refractivity (Wildman–Crippen MR) is 90.2 cm³/mol. The minimum absolute atomic E-state index is 0. The number of carbonyl (C=O) groups is 1. The van der Waals surface area contributed by atoms with Crippen molar-refractivity contribution in [3.63, 3.8) is 0 Å². The van der Waals surface area contributed by atoms with Crippen molar-refractivity contribution in [1.29, 1.82) is 0 Å². The molecule has 0 aliphatic rings. The fourth-order valence-electron chi connectivity index (χ4n) is 0.295. The summed E-state index contributed by atoms with van der Waals surface area (Å²) in [6, 6.07) is 0.